The maximum atomic E-state index is 14.4. The van der Waals surface area contributed by atoms with E-state index in [0.29, 0.717) is 17.9 Å². The minimum atomic E-state index is -0.617. The van der Waals surface area contributed by atoms with Crippen molar-refractivity contribution in [1.82, 2.24) is 0 Å². The molecular weight excluding hydrogens is 333 g/mol. The first-order valence-corrected chi connectivity index (χ1v) is 7.55. The number of esters is 1. The smallest absolute Gasteiger partial charge is 0.414 e. The van der Waals surface area contributed by atoms with Crippen LogP contribution in [0.5, 0.6) is 0 Å². The van der Waals surface area contributed by atoms with E-state index < -0.39 is 24.0 Å². The maximum absolute atomic E-state index is 14.4. The van der Waals surface area contributed by atoms with Gasteiger partial charge < -0.3 is 14.4 Å². The zero-order valence-corrected chi connectivity index (χ0v) is 13.9. The minimum absolute atomic E-state index is 0.0260. The second-order valence-corrected chi connectivity index (χ2v) is 5.43. The van der Waals surface area contributed by atoms with Crippen LogP contribution in [0.2, 0.25) is 0 Å². The van der Waals surface area contributed by atoms with E-state index in [-0.39, 0.29) is 19.7 Å². The van der Waals surface area contributed by atoms with Crippen LogP contribution in [-0.4, -0.2) is 51.5 Å². The SMILES string of the molecule is CC(=O)OCCN(C)c1ccc(N2C[C@H](CN=[N+]=[N-])OC2=O)cc1F. The van der Waals surface area contributed by atoms with Crippen LogP contribution in [0.1, 0.15) is 6.92 Å². The molecule has 0 radical (unpaired) electrons. The summed E-state index contributed by atoms with van der Waals surface area (Å²) < 4.78 is 24.3. The Hall–Kier alpha value is -3.00. The summed E-state index contributed by atoms with van der Waals surface area (Å²) in [5.41, 5.74) is 8.97. The molecule has 9 nitrogen and oxygen atoms in total. The molecule has 0 spiro atoms. The summed E-state index contributed by atoms with van der Waals surface area (Å²) in [5.74, 6) is -0.916. The Kier molecular flexibility index (Phi) is 6.02. The van der Waals surface area contributed by atoms with Gasteiger partial charge >= 0.3 is 12.1 Å². The van der Waals surface area contributed by atoms with Crippen molar-refractivity contribution < 1.29 is 23.5 Å². The number of halogens is 1. The van der Waals surface area contributed by atoms with Gasteiger partial charge in [0.05, 0.1) is 31.0 Å². The van der Waals surface area contributed by atoms with Crippen LogP contribution < -0.4 is 9.80 Å². The van der Waals surface area contributed by atoms with E-state index >= 15 is 0 Å². The van der Waals surface area contributed by atoms with Gasteiger partial charge in [-0.05, 0) is 23.7 Å². The Morgan fingerprint density at radius 3 is 3.00 bits per heavy atom. The molecule has 0 unspecified atom stereocenters. The van der Waals surface area contributed by atoms with Gasteiger partial charge in [0.25, 0.3) is 0 Å². The second-order valence-electron chi connectivity index (χ2n) is 5.43. The lowest BCUT2D eigenvalue weighted by Gasteiger charge is -2.21. The molecule has 25 heavy (non-hydrogen) atoms. The van der Waals surface area contributed by atoms with Crippen molar-refractivity contribution in [2.75, 3.05) is 43.1 Å². The molecule has 0 saturated carbocycles. The fourth-order valence-electron chi connectivity index (χ4n) is 2.38. The molecule has 1 aromatic carbocycles. The number of cyclic esters (lactones) is 1. The largest absolute Gasteiger partial charge is 0.464 e. The highest BCUT2D eigenvalue weighted by atomic mass is 19.1. The number of benzene rings is 1. The summed E-state index contributed by atoms with van der Waals surface area (Å²) in [7, 11) is 1.67. The van der Waals surface area contributed by atoms with Crippen LogP contribution in [0.25, 0.3) is 10.4 Å². The molecule has 1 aliphatic heterocycles. The lowest BCUT2D eigenvalue weighted by Crippen LogP contribution is -2.26. The Bertz CT molecular complexity index is 707. The van der Waals surface area contributed by atoms with Crippen LogP contribution in [-0.2, 0) is 14.3 Å². The molecule has 1 heterocycles. The topological polar surface area (TPSA) is 108 Å². The fourth-order valence-corrected chi connectivity index (χ4v) is 2.38. The molecule has 10 heteroatoms. The highest BCUT2D eigenvalue weighted by molar-refractivity contribution is 5.90. The summed E-state index contributed by atoms with van der Waals surface area (Å²) in [6.07, 6.45) is -1.17. The lowest BCUT2D eigenvalue weighted by molar-refractivity contribution is -0.140. The van der Waals surface area contributed by atoms with E-state index in [1.54, 1.807) is 18.0 Å². The van der Waals surface area contributed by atoms with E-state index in [9.17, 15) is 14.0 Å². The molecule has 1 amide bonds. The number of ether oxygens (including phenoxy) is 2. The molecule has 1 aliphatic rings. The van der Waals surface area contributed by atoms with Crippen molar-refractivity contribution in [2.45, 2.75) is 13.0 Å². The van der Waals surface area contributed by atoms with Crippen LogP contribution in [0.15, 0.2) is 23.3 Å². The predicted molar refractivity (Wildman–Crippen MR) is 87.9 cm³/mol. The summed E-state index contributed by atoms with van der Waals surface area (Å²) in [6, 6.07) is 4.36. The number of rotatable bonds is 7. The summed E-state index contributed by atoms with van der Waals surface area (Å²) >= 11 is 0. The number of likely N-dealkylation sites (N-methyl/N-ethyl adjacent to an activating group) is 1. The zero-order valence-electron chi connectivity index (χ0n) is 13.9. The number of hydrogen-bond acceptors (Lipinski definition) is 6. The van der Waals surface area contributed by atoms with Crippen molar-refractivity contribution in [3.8, 4) is 0 Å². The first-order valence-electron chi connectivity index (χ1n) is 7.55. The molecule has 2 rings (SSSR count). The van der Waals surface area contributed by atoms with Crippen molar-refractivity contribution in [3.05, 3.63) is 34.5 Å². The van der Waals surface area contributed by atoms with Crippen LogP contribution in [0.4, 0.5) is 20.6 Å². The van der Waals surface area contributed by atoms with Crippen LogP contribution in [0, 0.1) is 5.82 Å². The van der Waals surface area contributed by atoms with E-state index in [0.717, 1.165) is 0 Å². The molecule has 0 aromatic heterocycles. The van der Waals surface area contributed by atoms with E-state index in [1.165, 1.54) is 24.0 Å². The number of anilines is 2. The normalized spacial score (nSPS) is 16.2. The first-order chi connectivity index (χ1) is 11.9. The maximum Gasteiger partial charge on any atom is 0.414 e. The van der Waals surface area contributed by atoms with Gasteiger partial charge in [-0.15, -0.1) is 0 Å². The second kappa shape index (κ2) is 8.20. The zero-order chi connectivity index (χ0) is 18.4. The van der Waals surface area contributed by atoms with E-state index in [2.05, 4.69) is 10.0 Å². The molecule has 0 aliphatic carbocycles. The average molecular weight is 351 g/mol. The number of nitrogens with zero attached hydrogens (tertiary/aromatic N) is 5. The summed E-state index contributed by atoms with van der Waals surface area (Å²) in [6.45, 7) is 1.99. The number of carbonyl (C=O) groups excluding carboxylic acids is 2. The molecule has 134 valence electrons. The quantitative estimate of drug-likeness (QED) is 0.324. The fraction of sp³-hybridized carbons (Fsp3) is 0.467. The highest BCUT2D eigenvalue weighted by Gasteiger charge is 2.32. The third-order valence-electron chi connectivity index (χ3n) is 3.61. The Morgan fingerprint density at radius 1 is 1.60 bits per heavy atom. The molecule has 0 bridgehead atoms. The number of carbonyl (C=O) groups is 2. The van der Waals surface area contributed by atoms with Gasteiger partial charge in [0.2, 0.25) is 0 Å². The monoisotopic (exact) mass is 351 g/mol. The molecule has 0 N–H and O–H groups in total. The van der Waals surface area contributed by atoms with E-state index in [1.807, 2.05) is 0 Å². The minimum Gasteiger partial charge on any atom is -0.464 e. The summed E-state index contributed by atoms with van der Waals surface area (Å²) in [4.78, 5) is 28.1. The molecule has 1 saturated heterocycles. The lowest BCUT2D eigenvalue weighted by atomic mass is 10.2. The van der Waals surface area contributed by atoms with Crippen LogP contribution >= 0.6 is 0 Å². The number of amides is 1. The van der Waals surface area contributed by atoms with Gasteiger partial charge in [-0.1, -0.05) is 5.11 Å². The van der Waals surface area contributed by atoms with E-state index in [4.69, 9.17) is 15.0 Å². The molecule has 1 atom stereocenters. The van der Waals surface area contributed by atoms with Gasteiger partial charge in [-0.3, -0.25) is 9.69 Å². The third-order valence-corrected chi connectivity index (χ3v) is 3.61. The molecule has 1 fully saturated rings. The Balaban J connectivity index is 2.04. The Labute approximate surface area is 143 Å². The summed E-state index contributed by atoms with van der Waals surface area (Å²) in [5, 5.41) is 3.37. The van der Waals surface area contributed by atoms with Gasteiger partial charge in [0, 0.05) is 18.9 Å². The van der Waals surface area contributed by atoms with Gasteiger partial charge in [0.1, 0.15) is 18.5 Å². The van der Waals surface area contributed by atoms with Crippen molar-refractivity contribution in [2.24, 2.45) is 5.11 Å². The average Bonchev–Trinajstić information content (AvgIpc) is 2.93. The standard InChI is InChI=1S/C15H18FN5O4/c1-10(22)24-6-5-20(2)14-4-3-11(7-13(14)16)21-9-12(8-18-19-17)25-15(21)23/h3-4,7,12H,5-6,8-9H2,1-2H3/t12-/m0/s1. The van der Waals surface area contributed by atoms with Crippen molar-refractivity contribution >= 4 is 23.4 Å². The van der Waals surface area contributed by atoms with Gasteiger partial charge in [0.15, 0.2) is 0 Å². The molecule has 1 aromatic rings. The predicted octanol–water partition coefficient (Wildman–Crippen LogP) is 2.46. The molecular formula is C15H18FN5O4. The van der Waals surface area contributed by atoms with Crippen molar-refractivity contribution in [3.63, 3.8) is 0 Å². The van der Waals surface area contributed by atoms with Gasteiger partial charge in [-0.25, -0.2) is 9.18 Å². The van der Waals surface area contributed by atoms with Gasteiger partial charge in [-0.2, -0.15) is 0 Å². The van der Waals surface area contributed by atoms with Crippen LogP contribution in [0.3, 0.4) is 0 Å². The highest BCUT2D eigenvalue weighted by Crippen LogP contribution is 2.27. The number of hydrogen-bond donors (Lipinski definition) is 0. The number of azide groups is 1. The first kappa shape index (κ1) is 18.3. The van der Waals surface area contributed by atoms with Crippen molar-refractivity contribution in [1.29, 1.82) is 0 Å². The third kappa shape index (κ3) is 4.74. The Morgan fingerprint density at radius 2 is 2.36 bits per heavy atom.